The van der Waals surface area contributed by atoms with Crippen LogP contribution in [0.2, 0.25) is 0 Å². The van der Waals surface area contributed by atoms with E-state index in [0.717, 1.165) is 17.4 Å². The van der Waals surface area contributed by atoms with Gasteiger partial charge >= 0.3 is 0 Å². The van der Waals surface area contributed by atoms with E-state index in [2.05, 4.69) is 60.7 Å². The van der Waals surface area contributed by atoms with Crippen LogP contribution in [0, 0.1) is 6.92 Å². The first-order valence-corrected chi connectivity index (χ1v) is 12.5. The number of fused-ring (bicyclic) bond motifs is 1. The molecule has 5 aromatic rings. The van der Waals surface area contributed by atoms with Crippen LogP contribution >= 0.6 is 0 Å². The Morgan fingerprint density at radius 1 is 0.727 bits per heavy atom. The van der Waals surface area contributed by atoms with Crippen LogP contribution in [-0.2, 0) is 16.4 Å². The third-order valence-corrected chi connectivity index (χ3v) is 7.85. The average Bonchev–Trinajstić information content (AvgIpc) is 3.28. The Morgan fingerprint density at radius 2 is 1.39 bits per heavy atom. The van der Waals surface area contributed by atoms with Crippen molar-refractivity contribution in [1.82, 2.24) is 3.97 Å². The highest BCUT2D eigenvalue weighted by Gasteiger charge is 2.20. The highest BCUT2D eigenvalue weighted by Crippen LogP contribution is 2.32. The summed E-state index contributed by atoms with van der Waals surface area (Å²) in [5.41, 5.74) is 5.40. The molecule has 4 aromatic carbocycles. The van der Waals surface area contributed by atoms with E-state index < -0.39 is 10.0 Å². The van der Waals surface area contributed by atoms with Gasteiger partial charge in [-0.25, -0.2) is 12.4 Å². The summed E-state index contributed by atoms with van der Waals surface area (Å²) in [6, 6.07) is 35.9. The number of hydrogen-bond acceptors (Lipinski definition) is 2. The Morgan fingerprint density at radius 3 is 2.09 bits per heavy atom. The van der Waals surface area contributed by atoms with Crippen molar-refractivity contribution in [2.75, 3.05) is 0 Å². The summed E-state index contributed by atoms with van der Waals surface area (Å²) < 4.78 is 27.9. The second kappa shape index (κ2) is 8.72. The molecule has 0 bridgehead atoms. The minimum absolute atomic E-state index is 0.176. The normalized spacial score (nSPS) is 12.6. The highest BCUT2D eigenvalue weighted by molar-refractivity contribution is 7.90. The molecular weight excluding hydrogens is 426 g/mol. The molecule has 0 saturated carbocycles. The summed E-state index contributed by atoms with van der Waals surface area (Å²) in [5.74, 6) is 0.176. The van der Waals surface area contributed by atoms with Gasteiger partial charge in [-0.05, 0) is 60.4 Å². The van der Waals surface area contributed by atoms with Crippen molar-refractivity contribution in [3.63, 3.8) is 0 Å². The van der Waals surface area contributed by atoms with Gasteiger partial charge in [-0.1, -0.05) is 84.4 Å². The molecule has 0 aliphatic carbocycles. The summed E-state index contributed by atoms with van der Waals surface area (Å²) >= 11 is 0. The molecule has 4 heteroatoms. The molecule has 0 fully saturated rings. The molecule has 33 heavy (non-hydrogen) atoms. The van der Waals surface area contributed by atoms with Gasteiger partial charge in [-0.3, -0.25) is 0 Å². The second-order valence-corrected chi connectivity index (χ2v) is 10.2. The van der Waals surface area contributed by atoms with Crippen molar-refractivity contribution < 1.29 is 8.42 Å². The maximum atomic E-state index is 13.3. The summed E-state index contributed by atoms with van der Waals surface area (Å²) in [6.07, 6.45) is 2.52. The van der Waals surface area contributed by atoms with Crippen LogP contribution in [0.4, 0.5) is 0 Å². The Labute approximate surface area is 195 Å². The zero-order valence-corrected chi connectivity index (χ0v) is 19.2. The fourth-order valence-electron chi connectivity index (χ4n) is 4.35. The number of aryl methyl sites for hydroxylation is 1. The van der Waals surface area contributed by atoms with Gasteiger partial charge in [0.2, 0.25) is 0 Å². The molecule has 0 N–H and O–H groups in total. The molecule has 0 unspecified atom stereocenters. The van der Waals surface area contributed by atoms with Crippen molar-refractivity contribution in [3.8, 4) is 0 Å². The van der Waals surface area contributed by atoms with Crippen molar-refractivity contribution in [2.24, 2.45) is 0 Å². The van der Waals surface area contributed by atoms with Crippen molar-refractivity contribution in [1.29, 1.82) is 0 Å². The first-order chi connectivity index (χ1) is 16.0. The fourth-order valence-corrected chi connectivity index (χ4v) is 5.70. The lowest BCUT2D eigenvalue weighted by molar-refractivity contribution is 0.589. The smallest absolute Gasteiger partial charge is 0.241 e. The molecule has 1 heterocycles. The van der Waals surface area contributed by atoms with Crippen LogP contribution in [0.5, 0.6) is 0 Å². The molecular formula is C29H25NO2S. The van der Waals surface area contributed by atoms with Crippen LogP contribution in [0.15, 0.2) is 120 Å². The second-order valence-electron chi connectivity index (χ2n) is 8.40. The van der Waals surface area contributed by atoms with Crippen LogP contribution < -0.4 is 0 Å². The summed E-state index contributed by atoms with van der Waals surface area (Å²) in [7, 11) is -3.66. The van der Waals surface area contributed by atoms with Crippen LogP contribution in [0.25, 0.3) is 10.9 Å². The number of nitrogens with zero attached hydrogens (tertiary/aromatic N) is 1. The lowest BCUT2D eigenvalue weighted by atomic mass is 9.85. The Hall–Kier alpha value is -3.63. The highest BCUT2D eigenvalue weighted by atomic mass is 32.2. The quantitative estimate of drug-likeness (QED) is 0.293. The van der Waals surface area contributed by atoms with Gasteiger partial charge in [0.15, 0.2) is 0 Å². The average molecular weight is 452 g/mol. The van der Waals surface area contributed by atoms with E-state index in [1.807, 2.05) is 43.3 Å². The van der Waals surface area contributed by atoms with Crippen molar-refractivity contribution in [2.45, 2.75) is 24.2 Å². The Kier molecular flexibility index (Phi) is 5.61. The first-order valence-electron chi connectivity index (χ1n) is 11.0. The van der Waals surface area contributed by atoms with E-state index in [1.165, 1.54) is 20.7 Å². The number of hydrogen-bond donors (Lipinski definition) is 0. The number of aromatic nitrogens is 1. The van der Waals surface area contributed by atoms with E-state index in [0.29, 0.717) is 10.4 Å². The Bertz CT molecular complexity index is 1490. The third kappa shape index (κ3) is 4.22. The minimum Gasteiger partial charge on any atom is -0.241 e. The lowest BCUT2D eigenvalue weighted by Gasteiger charge is -2.19. The summed E-state index contributed by atoms with van der Waals surface area (Å²) in [6.45, 7) is 1.95. The van der Waals surface area contributed by atoms with E-state index in [-0.39, 0.29) is 5.92 Å². The molecule has 0 aliphatic heterocycles. The van der Waals surface area contributed by atoms with Crippen LogP contribution in [0.1, 0.15) is 28.2 Å². The Balaban J connectivity index is 1.56. The molecule has 1 aromatic heterocycles. The third-order valence-electron chi connectivity index (χ3n) is 6.14. The van der Waals surface area contributed by atoms with Gasteiger partial charge in [0.25, 0.3) is 10.0 Å². The molecule has 0 radical (unpaired) electrons. The zero-order chi connectivity index (χ0) is 22.8. The molecule has 0 amide bonds. The predicted octanol–water partition coefficient (Wildman–Crippen LogP) is 6.56. The van der Waals surface area contributed by atoms with Gasteiger partial charge in [0.05, 0.1) is 10.4 Å². The molecule has 1 atom stereocenters. The van der Waals surface area contributed by atoms with Gasteiger partial charge in [-0.2, -0.15) is 0 Å². The summed E-state index contributed by atoms with van der Waals surface area (Å²) in [5, 5.41) is 0.914. The molecule has 0 aliphatic rings. The van der Waals surface area contributed by atoms with Crippen molar-refractivity contribution >= 4 is 20.9 Å². The predicted molar refractivity (Wildman–Crippen MR) is 134 cm³/mol. The molecule has 3 nitrogen and oxygen atoms in total. The van der Waals surface area contributed by atoms with Gasteiger partial charge in [0.1, 0.15) is 0 Å². The molecule has 0 spiro atoms. The van der Waals surface area contributed by atoms with Crippen LogP contribution in [-0.4, -0.2) is 12.4 Å². The van der Waals surface area contributed by atoms with Gasteiger partial charge in [-0.15, -0.1) is 0 Å². The SMILES string of the molecule is Cc1ccc(S(=O)(=O)n2ccc3cc([C@H](Cc4ccccc4)c4ccccc4)ccc32)cc1. The minimum atomic E-state index is -3.66. The molecule has 5 rings (SSSR count). The van der Waals surface area contributed by atoms with E-state index >= 15 is 0 Å². The maximum absolute atomic E-state index is 13.3. The van der Waals surface area contributed by atoms with Crippen LogP contribution in [0.3, 0.4) is 0 Å². The number of rotatable bonds is 6. The topological polar surface area (TPSA) is 39.1 Å². The van der Waals surface area contributed by atoms with E-state index in [4.69, 9.17) is 0 Å². The maximum Gasteiger partial charge on any atom is 0.268 e. The fraction of sp³-hybridized carbons (Fsp3) is 0.103. The van der Waals surface area contributed by atoms with Gasteiger partial charge in [0, 0.05) is 17.5 Å². The lowest BCUT2D eigenvalue weighted by Crippen LogP contribution is -2.12. The van der Waals surface area contributed by atoms with E-state index in [9.17, 15) is 8.42 Å². The molecule has 0 saturated heterocycles. The van der Waals surface area contributed by atoms with Crippen molar-refractivity contribution in [3.05, 3.63) is 138 Å². The summed E-state index contributed by atoms with van der Waals surface area (Å²) in [4.78, 5) is 0.293. The molecule has 164 valence electrons. The largest absolute Gasteiger partial charge is 0.268 e. The monoisotopic (exact) mass is 451 g/mol. The first kappa shape index (κ1) is 21.2. The zero-order valence-electron chi connectivity index (χ0n) is 18.4. The standard InChI is InChI=1S/C29H25NO2S/c1-22-12-15-27(16-13-22)33(31,32)30-19-18-26-21-25(14-17-29(26)30)28(24-10-6-3-7-11-24)20-23-8-4-2-5-9-23/h2-19,21,28H,20H2,1H3/t28-/m1/s1. The van der Waals surface area contributed by atoms with Gasteiger partial charge < -0.3 is 0 Å². The van der Waals surface area contributed by atoms with E-state index in [1.54, 1.807) is 18.3 Å². The number of benzene rings is 4.